The van der Waals surface area contributed by atoms with Gasteiger partial charge in [-0.2, -0.15) is 0 Å². The molecule has 1 aromatic carbocycles. The van der Waals surface area contributed by atoms with Crippen LogP contribution >= 0.6 is 0 Å². The standard InChI is InChI=1S/C27H42N6O8/c1-6-15(4)23(32-20(35)12-28)26(39)31-19(11-17-7-9-18(34)10-8-17)24(37)33-22(14(2)3)25(38)29-13-21(36)30-16(5)27(40)41/h7-10,14-16,19,22-23,34H,6,11-13,28H2,1-5H3,(H,29,38)(H,30,36)(H,31,39)(H,32,35)(H,33,37)(H,40,41)/t15-,16-,19-,22-,23-/m0/s1. The predicted molar refractivity (Wildman–Crippen MR) is 149 cm³/mol. The first-order valence-corrected chi connectivity index (χ1v) is 13.4. The van der Waals surface area contributed by atoms with Gasteiger partial charge in [0.05, 0.1) is 13.1 Å². The number of nitrogens with one attached hydrogen (secondary N) is 5. The maximum absolute atomic E-state index is 13.5. The molecule has 14 heteroatoms. The summed E-state index contributed by atoms with van der Waals surface area (Å²) in [6.07, 6.45) is 0.546. The first kappa shape index (κ1) is 34.8. The van der Waals surface area contributed by atoms with E-state index >= 15 is 0 Å². The minimum atomic E-state index is -1.24. The zero-order chi connectivity index (χ0) is 31.3. The van der Waals surface area contributed by atoms with E-state index in [0.29, 0.717) is 12.0 Å². The van der Waals surface area contributed by atoms with Gasteiger partial charge in [0.15, 0.2) is 0 Å². The maximum Gasteiger partial charge on any atom is 0.325 e. The van der Waals surface area contributed by atoms with Gasteiger partial charge in [0.2, 0.25) is 29.5 Å². The largest absolute Gasteiger partial charge is 0.508 e. The van der Waals surface area contributed by atoms with Gasteiger partial charge in [0.25, 0.3) is 0 Å². The highest BCUT2D eigenvalue weighted by atomic mass is 16.4. The molecule has 0 saturated carbocycles. The second kappa shape index (κ2) is 16.8. The molecule has 0 aliphatic carbocycles. The van der Waals surface area contributed by atoms with Crippen LogP contribution in [0.1, 0.15) is 46.6 Å². The molecule has 0 bridgehead atoms. The van der Waals surface area contributed by atoms with Gasteiger partial charge in [0.1, 0.15) is 29.9 Å². The number of carboxylic acids is 1. The number of carbonyl (C=O) groups is 6. The Morgan fingerprint density at radius 3 is 1.93 bits per heavy atom. The number of nitrogens with two attached hydrogens (primary N) is 1. The average molecular weight is 579 g/mol. The topological polar surface area (TPSA) is 229 Å². The fourth-order valence-corrected chi connectivity index (χ4v) is 3.69. The third-order valence-corrected chi connectivity index (χ3v) is 6.42. The Kier molecular flexibility index (Phi) is 14.3. The van der Waals surface area contributed by atoms with Crippen LogP contribution in [0.4, 0.5) is 0 Å². The quantitative estimate of drug-likeness (QED) is 0.117. The lowest BCUT2D eigenvalue weighted by Gasteiger charge is -2.28. The molecule has 41 heavy (non-hydrogen) atoms. The number of hydrogen-bond donors (Lipinski definition) is 8. The van der Waals surface area contributed by atoms with E-state index in [9.17, 15) is 33.9 Å². The number of carbonyl (C=O) groups excluding carboxylic acids is 5. The molecule has 0 spiro atoms. The lowest BCUT2D eigenvalue weighted by Crippen LogP contribution is -2.59. The van der Waals surface area contributed by atoms with Gasteiger partial charge < -0.3 is 42.5 Å². The minimum Gasteiger partial charge on any atom is -0.508 e. The highest BCUT2D eigenvalue weighted by molar-refractivity contribution is 5.95. The first-order valence-electron chi connectivity index (χ1n) is 13.4. The van der Waals surface area contributed by atoms with Gasteiger partial charge in [0, 0.05) is 6.42 Å². The third kappa shape index (κ3) is 11.8. The van der Waals surface area contributed by atoms with Crippen LogP contribution in [0.3, 0.4) is 0 Å². The van der Waals surface area contributed by atoms with Crippen molar-refractivity contribution < 1.29 is 39.0 Å². The summed E-state index contributed by atoms with van der Waals surface area (Å²) in [5.74, 6) is -5.21. The Hall–Kier alpha value is -4.20. The monoisotopic (exact) mass is 578 g/mol. The van der Waals surface area contributed by atoms with Crippen LogP contribution in [0.15, 0.2) is 24.3 Å². The van der Waals surface area contributed by atoms with Gasteiger partial charge in [-0.3, -0.25) is 28.8 Å². The molecule has 0 fully saturated rings. The smallest absolute Gasteiger partial charge is 0.325 e. The summed E-state index contributed by atoms with van der Waals surface area (Å²) in [5.41, 5.74) is 6.00. The molecule has 0 aliphatic heterocycles. The van der Waals surface area contributed by atoms with E-state index in [-0.39, 0.29) is 24.6 Å². The van der Waals surface area contributed by atoms with E-state index in [4.69, 9.17) is 10.8 Å². The number of carboxylic acid groups (broad SMARTS) is 1. The molecular weight excluding hydrogens is 536 g/mol. The summed E-state index contributed by atoms with van der Waals surface area (Å²) in [6.45, 7) is 7.39. The van der Waals surface area contributed by atoms with Crippen molar-refractivity contribution in [2.45, 2.75) is 71.6 Å². The average Bonchev–Trinajstić information content (AvgIpc) is 2.92. The lowest BCUT2D eigenvalue weighted by molar-refractivity contribution is -0.141. The van der Waals surface area contributed by atoms with Gasteiger partial charge in [-0.1, -0.05) is 46.2 Å². The summed E-state index contributed by atoms with van der Waals surface area (Å²) in [4.78, 5) is 74.5. The van der Waals surface area contributed by atoms with Gasteiger partial charge in [-0.25, -0.2) is 0 Å². The minimum absolute atomic E-state index is 0.00215. The van der Waals surface area contributed by atoms with E-state index < -0.39 is 72.1 Å². The SMILES string of the molecule is CC[C@H](C)[C@H](NC(=O)CN)C(=O)N[C@@H](Cc1ccc(O)cc1)C(=O)N[C@H](C(=O)NCC(=O)N[C@@H](C)C(=O)O)C(C)C. The Morgan fingerprint density at radius 2 is 1.41 bits per heavy atom. The number of rotatable bonds is 16. The Labute approximate surface area is 239 Å². The molecule has 0 aromatic heterocycles. The second-order valence-corrected chi connectivity index (χ2v) is 10.1. The van der Waals surface area contributed by atoms with Gasteiger partial charge in [-0.05, 0) is 36.5 Å². The van der Waals surface area contributed by atoms with Crippen molar-refractivity contribution in [3.05, 3.63) is 29.8 Å². The maximum atomic E-state index is 13.5. The van der Waals surface area contributed by atoms with Crippen LogP contribution in [0.2, 0.25) is 0 Å². The highest BCUT2D eigenvalue weighted by Gasteiger charge is 2.32. The van der Waals surface area contributed by atoms with E-state index in [1.54, 1.807) is 32.9 Å². The second-order valence-electron chi connectivity index (χ2n) is 10.1. The van der Waals surface area contributed by atoms with Crippen molar-refractivity contribution >= 4 is 35.5 Å². The molecule has 0 saturated heterocycles. The predicted octanol–water partition coefficient (Wildman–Crippen LogP) is -1.24. The van der Waals surface area contributed by atoms with E-state index in [2.05, 4.69) is 26.6 Å². The number of phenols is 1. The molecule has 5 amide bonds. The van der Waals surface area contributed by atoms with E-state index in [1.165, 1.54) is 19.1 Å². The number of aliphatic carboxylic acids is 1. The molecule has 0 radical (unpaired) electrons. The molecule has 9 N–H and O–H groups in total. The van der Waals surface area contributed by atoms with Crippen molar-refractivity contribution in [1.82, 2.24) is 26.6 Å². The molecule has 1 aromatic rings. The van der Waals surface area contributed by atoms with Gasteiger partial charge >= 0.3 is 5.97 Å². The number of hydrogen-bond acceptors (Lipinski definition) is 8. The van der Waals surface area contributed by atoms with Crippen LogP contribution in [0.25, 0.3) is 0 Å². The molecule has 14 nitrogen and oxygen atoms in total. The lowest BCUT2D eigenvalue weighted by atomic mass is 9.96. The fraction of sp³-hybridized carbons (Fsp3) is 0.556. The van der Waals surface area contributed by atoms with E-state index in [0.717, 1.165) is 0 Å². The molecule has 0 aliphatic rings. The van der Waals surface area contributed by atoms with Crippen molar-refractivity contribution in [2.24, 2.45) is 17.6 Å². The molecule has 5 atom stereocenters. The molecule has 228 valence electrons. The van der Waals surface area contributed by atoms with Crippen molar-refractivity contribution in [1.29, 1.82) is 0 Å². The summed E-state index contributed by atoms with van der Waals surface area (Å²) >= 11 is 0. The number of aromatic hydroxyl groups is 1. The zero-order valence-corrected chi connectivity index (χ0v) is 24.0. The number of phenolic OH excluding ortho intramolecular Hbond substituents is 1. The van der Waals surface area contributed by atoms with Crippen LogP contribution in [-0.2, 0) is 35.2 Å². The highest BCUT2D eigenvalue weighted by Crippen LogP contribution is 2.14. The number of amides is 5. The first-order chi connectivity index (χ1) is 19.2. The van der Waals surface area contributed by atoms with Crippen LogP contribution < -0.4 is 32.3 Å². The van der Waals surface area contributed by atoms with Crippen molar-refractivity contribution in [3.63, 3.8) is 0 Å². The van der Waals surface area contributed by atoms with Crippen molar-refractivity contribution in [2.75, 3.05) is 13.1 Å². The van der Waals surface area contributed by atoms with Crippen LogP contribution in [-0.4, -0.2) is 83.0 Å². The molecular formula is C27H42N6O8. The van der Waals surface area contributed by atoms with Crippen LogP contribution in [0.5, 0.6) is 5.75 Å². The van der Waals surface area contributed by atoms with Crippen LogP contribution in [0, 0.1) is 11.8 Å². The Balaban J connectivity index is 3.13. The summed E-state index contributed by atoms with van der Waals surface area (Å²) in [5, 5.41) is 31.0. The normalized spacial score (nSPS) is 14.5. The van der Waals surface area contributed by atoms with Crippen molar-refractivity contribution in [3.8, 4) is 5.75 Å². The van der Waals surface area contributed by atoms with Gasteiger partial charge in [-0.15, -0.1) is 0 Å². The molecule has 0 heterocycles. The summed E-state index contributed by atoms with van der Waals surface area (Å²) in [6, 6.07) is 1.60. The van der Waals surface area contributed by atoms with E-state index in [1.807, 2.05) is 6.92 Å². The summed E-state index contributed by atoms with van der Waals surface area (Å²) in [7, 11) is 0. The molecule has 1 rings (SSSR count). The Morgan fingerprint density at radius 1 is 0.805 bits per heavy atom. The fourth-order valence-electron chi connectivity index (χ4n) is 3.69. The zero-order valence-electron chi connectivity index (χ0n) is 24.0. The summed E-state index contributed by atoms with van der Waals surface area (Å²) < 4.78 is 0. The third-order valence-electron chi connectivity index (χ3n) is 6.42. The molecule has 0 unspecified atom stereocenters. The Bertz CT molecular complexity index is 1080. The number of benzene rings is 1.